The lowest BCUT2D eigenvalue weighted by Gasteiger charge is -2.16. The van der Waals surface area contributed by atoms with Gasteiger partial charge in [-0.2, -0.15) is 0 Å². The Labute approximate surface area is 185 Å². The first-order chi connectivity index (χ1) is 15.3. The molecule has 0 radical (unpaired) electrons. The standard InChI is InChI=1S/C25H21FO5S/c1-32(28,29)20-6-2-16(3-7-20)17-4-8-21(26)18(12-17)13-24(27)25(10-11-25)19-5-9-22-23(14-19)31-15-30-22/h2-9,12,14H,10-11,13,15H2,1H3. The van der Waals surface area contributed by atoms with Gasteiger partial charge in [0.05, 0.1) is 10.3 Å². The van der Waals surface area contributed by atoms with Crippen molar-refractivity contribution in [1.29, 1.82) is 0 Å². The molecule has 3 aromatic carbocycles. The lowest BCUT2D eigenvalue weighted by atomic mass is 9.87. The van der Waals surface area contributed by atoms with Gasteiger partial charge in [-0.25, -0.2) is 12.8 Å². The molecule has 3 aromatic rings. The van der Waals surface area contributed by atoms with Crippen LogP contribution in [0.1, 0.15) is 24.0 Å². The lowest BCUT2D eigenvalue weighted by Crippen LogP contribution is -2.23. The van der Waals surface area contributed by atoms with E-state index < -0.39 is 21.1 Å². The number of ether oxygens (including phenoxy) is 2. The largest absolute Gasteiger partial charge is 0.454 e. The Morgan fingerprint density at radius 1 is 0.938 bits per heavy atom. The molecule has 0 aromatic heterocycles. The van der Waals surface area contributed by atoms with Gasteiger partial charge in [-0.15, -0.1) is 0 Å². The van der Waals surface area contributed by atoms with Crippen LogP contribution < -0.4 is 9.47 Å². The van der Waals surface area contributed by atoms with Gasteiger partial charge < -0.3 is 9.47 Å². The van der Waals surface area contributed by atoms with Crippen LogP contribution in [0.2, 0.25) is 0 Å². The third kappa shape index (κ3) is 3.66. The third-order valence-electron chi connectivity index (χ3n) is 6.22. The first kappa shape index (κ1) is 20.7. The SMILES string of the molecule is CS(=O)(=O)c1ccc(-c2ccc(F)c(CC(=O)C3(c4ccc5c(c4)OCO5)CC3)c2)cc1. The molecular weight excluding hydrogens is 431 g/mol. The van der Waals surface area contributed by atoms with Gasteiger partial charge in [0.1, 0.15) is 11.6 Å². The molecule has 32 heavy (non-hydrogen) atoms. The van der Waals surface area contributed by atoms with E-state index in [1.54, 1.807) is 24.3 Å². The fraction of sp³-hybridized carbons (Fsp3) is 0.240. The van der Waals surface area contributed by atoms with Gasteiger partial charge in [-0.05, 0) is 71.5 Å². The van der Waals surface area contributed by atoms with Crippen LogP contribution in [0.4, 0.5) is 4.39 Å². The first-order valence-electron chi connectivity index (χ1n) is 10.3. The molecule has 1 aliphatic heterocycles. The van der Waals surface area contributed by atoms with E-state index in [0.717, 1.165) is 35.8 Å². The van der Waals surface area contributed by atoms with E-state index in [2.05, 4.69) is 0 Å². The summed E-state index contributed by atoms with van der Waals surface area (Å²) in [5.74, 6) is 0.834. The van der Waals surface area contributed by atoms with E-state index in [-0.39, 0.29) is 23.9 Å². The van der Waals surface area contributed by atoms with Crippen molar-refractivity contribution in [3.8, 4) is 22.6 Å². The molecule has 2 aliphatic rings. The molecule has 0 bridgehead atoms. The van der Waals surface area contributed by atoms with Crippen molar-refractivity contribution in [3.05, 3.63) is 77.6 Å². The van der Waals surface area contributed by atoms with E-state index in [4.69, 9.17) is 9.47 Å². The highest BCUT2D eigenvalue weighted by molar-refractivity contribution is 7.90. The highest BCUT2D eigenvalue weighted by Crippen LogP contribution is 2.51. The fourth-order valence-corrected chi connectivity index (χ4v) is 4.80. The highest BCUT2D eigenvalue weighted by atomic mass is 32.2. The molecule has 1 heterocycles. The van der Waals surface area contributed by atoms with Gasteiger partial charge in [0.2, 0.25) is 6.79 Å². The first-order valence-corrected chi connectivity index (χ1v) is 12.2. The van der Waals surface area contributed by atoms with Gasteiger partial charge in [-0.3, -0.25) is 4.79 Å². The maximum atomic E-state index is 14.6. The molecule has 0 amide bonds. The number of hydrogen-bond acceptors (Lipinski definition) is 5. The number of sulfone groups is 1. The molecule has 1 aliphatic carbocycles. The van der Waals surface area contributed by atoms with Crippen molar-refractivity contribution in [3.63, 3.8) is 0 Å². The summed E-state index contributed by atoms with van der Waals surface area (Å²) in [5.41, 5.74) is 2.07. The minimum atomic E-state index is -3.29. The highest BCUT2D eigenvalue weighted by Gasteiger charge is 2.51. The molecule has 0 N–H and O–H groups in total. The predicted octanol–water partition coefficient (Wildman–Crippen LogP) is 4.47. The van der Waals surface area contributed by atoms with Crippen LogP contribution in [0.15, 0.2) is 65.6 Å². The van der Waals surface area contributed by atoms with Crippen molar-refractivity contribution >= 4 is 15.6 Å². The summed E-state index contributed by atoms with van der Waals surface area (Å²) >= 11 is 0. The Balaban J connectivity index is 1.40. The lowest BCUT2D eigenvalue weighted by molar-refractivity contribution is -0.120. The maximum absolute atomic E-state index is 14.6. The molecule has 1 saturated carbocycles. The van der Waals surface area contributed by atoms with Crippen LogP contribution in [0.5, 0.6) is 11.5 Å². The van der Waals surface area contributed by atoms with Crippen molar-refractivity contribution in [1.82, 2.24) is 0 Å². The topological polar surface area (TPSA) is 69.7 Å². The monoisotopic (exact) mass is 452 g/mol. The number of ketones is 1. The van der Waals surface area contributed by atoms with Gasteiger partial charge in [0, 0.05) is 12.7 Å². The van der Waals surface area contributed by atoms with Crippen LogP contribution >= 0.6 is 0 Å². The summed E-state index contributed by atoms with van der Waals surface area (Å²) in [6.07, 6.45) is 2.58. The number of fused-ring (bicyclic) bond motifs is 1. The smallest absolute Gasteiger partial charge is 0.231 e. The van der Waals surface area contributed by atoms with Crippen LogP contribution in [0.3, 0.4) is 0 Å². The second kappa shape index (κ2) is 7.45. The molecule has 0 atom stereocenters. The quantitative estimate of drug-likeness (QED) is 0.552. The second-order valence-electron chi connectivity index (χ2n) is 8.35. The number of rotatable bonds is 6. The number of hydrogen-bond donors (Lipinski definition) is 0. The summed E-state index contributed by atoms with van der Waals surface area (Å²) in [5, 5.41) is 0. The van der Waals surface area contributed by atoms with E-state index in [1.165, 1.54) is 18.2 Å². The zero-order chi connectivity index (χ0) is 22.5. The van der Waals surface area contributed by atoms with Crippen LogP contribution in [0.25, 0.3) is 11.1 Å². The van der Waals surface area contributed by atoms with Crippen molar-refractivity contribution in [2.45, 2.75) is 29.6 Å². The average Bonchev–Trinajstić information content (AvgIpc) is 3.45. The summed E-state index contributed by atoms with van der Waals surface area (Å²) in [6.45, 7) is 0.170. The molecule has 0 spiro atoms. The number of benzene rings is 3. The van der Waals surface area contributed by atoms with Crippen LogP contribution in [-0.4, -0.2) is 27.2 Å². The minimum Gasteiger partial charge on any atom is -0.454 e. The molecule has 164 valence electrons. The summed E-state index contributed by atoms with van der Waals surface area (Å²) in [4.78, 5) is 13.5. The van der Waals surface area contributed by atoms with Crippen molar-refractivity contribution < 1.29 is 27.1 Å². The molecule has 0 saturated heterocycles. The summed E-state index contributed by atoms with van der Waals surface area (Å²) in [7, 11) is -3.29. The predicted molar refractivity (Wildman–Crippen MR) is 117 cm³/mol. The number of Topliss-reactive ketones (excluding diaryl/α,β-unsaturated/α-hetero) is 1. The van der Waals surface area contributed by atoms with Gasteiger partial charge in [0.15, 0.2) is 21.3 Å². The van der Waals surface area contributed by atoms with Gasteiger partial charge in [-0.1, -0.05) is 24.3 Å². The van der Waals surface area contributed by atoms with Gasteiger partial charge in [0.25, 0.3) is 0 Å². The summed E-state index contributed by atoms with van der Waals surface area (Å²) < 4.78 is 48.7. The Bertz CT molecular complexity index is 1320. The maximum Gasteiger partial charge on any atom is 0.231 e. The molecular formula is C25H21FO5S. The molecule has 5 rings (SSSR count). The Morgan fingerprint density at radius 2 is 1.62 bits per heavy atom. The molecule has 0 unspecified atom stereocenters. The zero-order valence-corrected chi connectivity index (χ0v) is 18.2. The van der Waals surface area contributed by atoms with Crippen molar-refractivity contribution in [2.75, 3.05) is 13.0 Å². The van der Waals surface area contributed by atoms with E-state index >= 15 is 0 Å². The van der Waals surface area contributed by atoms with E-state index in [1.807, 2.05) is 18.2 Å². The zero-order valence-electron chi connectivity index (χ0n) is 17.4. The van der Waals surface area contributed by atoms with E-state index in [9.17, 15) is 17.6 Å². The Hall–Kier alpha value is -3.19. The van der Waals surface area contributed by atoms with Gasteiger partial charge >= 0.3 is 0 Å². The number of carbonyl (C=O) groups excluding carboxylic acids is 1. The second-order valence-corrected chi connectivity index (χ2v) is 10.4. The molecule has 1 fully saturated rings. The molecule has 7 heteroatoms. The molecule has 5 nitrogen and oxygen atoms in total. The van der Waals surface area contributed by atoms with Crippen molar-refractivity contribution in [2.24, 2.45) is 0 Å². The van der Waals surface area contributed by atoms with Crippen LogP contribution in [0, 0.1) is 5.82 Å². The Morgan fingerprint density at radius 3 is 2.31 bits per heavy atom. The normalized spacial score (nSPS) is 16.1. The fourth-order valence-electron chi connectivity index (χ4n) is 4.17. The van der Waals surface area contributed by atoms with Crippen LogP contribution in [-0.2, 0) is 26.5 Å². The Kier molecular flexibility index (Phi) is 4.82. The average molecular weight is 453 g/mol. The minimum absolute atomic E-state index is 0.0183. The third-order valence-corrected chi connectivity index (χ3v) is 7.35. The number of carbonyl (C=O) groups is 1. The van der Waals surface area contributed by atoms with E-state index in [0.29, 0.717) is 17.1 Å². The number of halogens is 1. The summed E-state index contributed by atoms with van der Waals surface area (Å²) in [6, 6.07) is 16.6.